The molecule has 0 radical (unpaired) electrons. The van der Waals surface area contributed by atoms with Gasteiger partial charge in [-0.05, 0) is 59.5 Å². The molecule has 0 aliphatic carbocycles. The predicted molar refractivity (Wildman–Crippen MR) is 123 cm³/mol. The second-order valence-electron chi connectivity index (χ2n) is 8.07. The number of rotatable bonds is 10. The van der Waals surface area contributed by atoms with Crippen molar-refractivity contribution in [2.45, 2.75) is 58.7 Å². The summed E-state index contributed by atoms with van der Waals surface area (Å²) in [6, 6.07) is 10.5. The van der Waals surface area contributed by atoms with Crippen LogP contribution in [0.3, 0.4) is 0 Å². The number of nitrogens with zero attached hydrogens (tertiary/aromatic N) is 5. The van der Waals surface area contributed by atoms with Gasteiger partial charge in [0.15, 0.2) is 0 Å². The van der Waals surface area contributed by atoms with E-state index >= 15 is 0 Å². The number of hydrogen-bond donors (Lipinski definition) is 0. The molecule has 0 amide bonds. The van der Waals surface area contributed by atoms with Crippen molar-refractivity contribution < 1.29 is 18.0 Å². The molecule has 1 aromatic heterocycles. The van der Waals surface area contributed by atoms with Crippen molar-refractivity contribution in [1.82, 2.24) is 19.8 Å². The van der Waals surface area contributed by atoms with Crippen LogP contribution in [0, 0.1) is 6.92 Å². The first kappa shape index (κ1) is 25.2. The van der Waals surface area contributed by atoms with E-state index in [9.17, 15) is 18.0 Å². The lowest BCUT2D eigenvalue weighted by atomic mass is 10.0. The van der Waals surface area contributed by atoms with Gasteiger partial charge in [-0.25, -0.2) is 4.79 Å². The molecular formula is C24H28F3N5O2. The Morgan fingerprint density at radius 2 is 1.85 bits per heavy atom. The number of tetrazole rings is 1. The third-order valence-electron chi connectivity index (χ3n) is 5.51. The van der Waals surface area contributed by atoms with E-state index in [4.69, 9.17) is 4.84 Å². The zero-order valence-corrected chi connectivity index (χ0v) is 19.5. The molecule has 2 aromatic carbocycles. The van der Waals surface area contributed by atoms with Crippen LogP contribution in [0.2, 0.25) is 0 Å². The molecule has 0 saturated heterocycles. The molecule has 0 spiro atoms. The van der Waals surface area contributed by atoms with Crippen LogP contribution in [0.5, 0.6) is 0 Å². The van der Waals surface area contributed by atoms with Crippen molar-refractivity contribution in [2.75, 3.05) is 0 Å². The summed E-state index contributed by atoms with van der Waals surface area (Å²) in [5, 5.41) is 11.9. The first-order chi connectivity index (χ1) is 16.2. The number of unbranched alkanes of at least 4 members (excludes halogenated alkanes) is 3. The third-order valence-corrected chi connectivity index (χ3v) is 5.51. The molecule has 182 valence electrons. The highest BCUT2D eigenvalue weighted by atomic mass is 19.4. The van der Waals surface area contributed by atoms with Gasteiger partial charge >= 0.3 is 11.9 Å². The van der Waals surface area contributed by atoms with Crippen molar-refractivity contribution >= 4 is 5.71 Å². The Balaban J connectivity index is 1.88. The topological polar surface area (TPSA) is 74.3 Å². The highest BCUT2D eigenvalue weighted by molar-refractivity contribution is 6.00. The van der Waals surface area contributed by atoms with E-state index in [0.29, 0.717) is 28.9 Å². The van der Waals surface area contributed by atoms with Crippen molar-refractivity contribution in [3.8, 4) is 5.69 Å². The number of aromatic nitrogens is 4. The maximum Gasteiger partial charge on any atom is 0.416 e. The molecule has 3 aromatic rings. The van der Waals surface area contributed by atoms with Crippen LogP contribution in [0.4, 0.5) is 13.2 Å². The van der Waals surface area contributed by atoms with Gasteiger partial charge in [-0.3, -0.25) is 0 Å². The van der Waals surface area contributed by atoms with E-state index in [2.05, 4.69) is 22.5 Å². The maximum absolute atomic E-state index is 13.2. The highest BCUT2D eigenvalue weighted by Gasteiger charge is 2.30. The van der Waals surface area contributed by atoms with Crippen LogP contribution >= 0.6 is 0 Å². The maximum atomic E-state index is 13.2. The summed E-state index contributed by atoms with van der Waals surface area (Å²) in [7, 11) is 1.50. The molecular weight excluding hydrogens is 447 g/mol. The number of halogens is 3. The predicted octanol–water partition coefficient (Wildman–Crippen LogP) is 5.18. The smallest absolute Gasteiger partial charge is 0.391 e. The number of alkyl halides is 3. The van der Waals surface area contributed by atoms with Gasteiger partial charge in [0.25, 0.3) is 0 Å². The molecule has 0 aliphatic heterocycles. The monoisotopic (exact) mass is 475 g/mol. The van der Waals surface area contributed by atoms with Gasteiger partial charge in [-0.1, -0.05) is 55.6 Å². The van der Waals surface area contributed by atoms with Crippen LogP contribution in [0.15, 0.2) is 52.4 Å². The Labute approximate surface area is 195 Å². The highest BCUT2D eigenvalue weighted by Crippen LogP contribution is 2.30. The first-order valence-corrected chi connectivity index (χ1v) is 11.2. The van der Waals surface area contributed by atoms with Gasteiger partial charge in [-0.2, -0.15) is 22.5 Å². The minimum absolute atomic E-state index is 0.0163. The summed E-state index contributed by atoms with van der Waals surface area (Å²) in [6.07, 6.45) is -0.126. The second-order valence-corrected chi connectivity index (χ2v) is 8.07. The molecule has 0 unspecified atom stereocenters. The average Bonchev–Trinajstić information content (AvgIpc) is 3.14. The van der Waals surface area contributed by atoms with Crippen molar-refractivity contribution in [2.24, 2.45) is 12.2 Å². The standard InChI is InChI=1S/C24H28F3N5O2/c1-4-5-6-7-13-21(18-11-9-12-19(15-18)24(25,26)27)28-34-16-20-17(2)10-8-14-22(20)32-23(33)31(3)29-30-32/h8-12,14-15H,4-7,13,16H2,1-3H3. The van der Waals surface area contributed by atoms with Gasteiger partial charge in [-0.15, -0.1) is 0 Å². The van der Waals surface area contributed by atoms with Crippen LogP contribution < -0.4 is 5.69 Å². The molecule has 0 N–H and O–H groups in total. The second kappa shape index (κ2) is 11.1. The molecule has 0 aliphatic rings. The summed E-state index contributed by atoms with van der Waals surface area (Å²) in [4.78, 5) is 18.0. The van der Waals surface area contributed by atoms with E-state index in [1.54, 1.807) is 18.2 Å². The van der Waals surface area contributed by atoms with Crippen LogP contribution in [-0.2, 0) is 24.7 Å². The normalized spacial score (nSPS) is 12.2. The van der Waals surface area contributed by atoms with Crippen molar-refractivity contribution in [3.63, 3.8) is 0 Å². The third kappa shape index (κ3) is 6.12. The number of oxime groups is 1. The minimum Gasteiger partial charge on any atom is -0.391 e. The van der Waals surface area contributed by atoms with E-state index < -0.39 is 17.4 Å². The zero-order chi connectivity index (χ0) is 24.7. The Hall–Kier alpha value is -3.43. The van der Waals surface area contributed by atoms with Gasteiger partial charge < -0.3 is 4.84 Å². The van der Waals surface area contributed by atoms with Gasteiger partial charge in [0.1, 0.15) is 6.61 Å². The van der Waals surface area contributed by atoms with E-state index in [0.717, 1.165) is 48.1 Å². The lowest BCUT2D eigenvalue weighted by molar-refractivity contribution is -0.137. The van der Waals surface area contributed by atoms with Crippen LogP contribution in [-0.4, -0.2) is 25.5 Å². The Morgan fingerprint density at radius 3 is 2.53 bits per heavy atom. The number of aryl methyl sites for hydroxylation is 2. The molecule has 0 bridgehead atoms. The zero-order valence-electron chi connectivity index (χ0n) is 19.5. The van der Waals surface area contributed by atoms with Gasteiger partial charge in [0.2, 0.25) is 0 Å². The summed E-state index contributed by atoms with van der Waals surface area (Å²) >= 11 is 0. The molecule has 0 atom stereocenters. The molecule has 0 fully saturated rings. The number of hydrogen-bond acceptors (Lipinski definition) is 5. The minimum atomic E-state index is -4.44. The number of benzene rings is 2. The fourth-order valence-electron chi connectivity index (χ4n) is 3.55. The average molecular weight is 476 g/mol. The lowest BCUT2D eigenvalue weighted by Gasteiger charge is -2.13. The van der Waals surface area contributed by atoms with Crippen molar-refractivity contribution in [3.05, 3.63) is 75.2 Å². The van der Waals surface area contributed by atoms with Gasteiger partial charge in [0.05, 0.1) is 17.0 Å². The molecule has 10 heteroatoms. The van der Waals surface area contributed by atoms with Crippen molar-refractivity contribution in [1.29, 1.82) is 0 Å². The SMILES string of the molecule is CCCCCCC(=NOCc1c(C)cccc1-n1nnn(C)c1=O)c1cccc(C(F)(F)F)c1. The molecule has 7 nitrogen and oxygen atoms in total. The Bertz CT molecular complexity index is 1200. The fraction of sp³-hybridized carbons (Fsp3) is 0.417. The Morgan fingerprint density at radius 1 is 1.09 bits per heavy atom. The molecule has 34 heavy (non-hydrogen) atoms. The summed E-state index contributed by atoms with van der Waals surface area (Å²) in [5.74, 6) is 0. The Kier molecular flexibility index (Phi) is 8.25. The summed E-state index contributed by atoms with van der Waals surface area (Å²) < 4.78 is 42.0. The first-order valence-electron chi connectivity index (χ1n) is 11.2. The molecule has 1 heterocycles. The molecule has 3 rings (SSSR count). The van der Waals surface area contributed by atoms with E-state index in [1.807, 2.05) is 13.0 Å². The quantitative estimate of drug-likeness (QED) is 0.230. The fourth-order valence-corrected chi connectivity index (χ4v) is 3.55. The van der Waals surface area contributed by atoms with Crippen LogP contribution in [0.25, 0.3) is 5.69 Å². The lowest BCUT2D eigenvalue weighted by Crippen LogP contribution is -2.23. The van der Waals surface area contributed by atoms with Crippen LogP contribution in [0.1, 0.15) is 61.3 Å². The largest absolute Gasteiger partial charge is 0.416 e. The van der Waals surface area contributed by atoms with Gasteiger partial charge in [0, 0.05) is 12.6 Å². The summed E-state index contributed by atoms with van der Waals surface area (Å²) in [6.45, 7) is 3.97. The molecule has 0 saturated carbocycles. The summed E-state index contributed by atoms with van der Waals surface area (Å²) in [5.41, 5.74) is 1.75. The van der Waals surface area contributed by atoms with E-state index in [-0.39, 0.29) is 6.61 Å². The van der Waals surface area contributed by atoms with E-state index in [1.165, 1.54) is 17.8 Å².